The number of aliphatic hydroxyl groups is 1. The third-order valence-corrected chi connectivity index (χ3v) is 4.23. The van der Waals surface area contributed by atoms with Gasteiger partial charge in [0.2, 0.25) is 0 Å². The Morgan fingerprint density at radius 1 is 1.11 bits per heavy atom. The number of hydrogen-bond donors (Lipinski definition) is 1. The van der Waals surface area contributed by atoms with Gasteiger partial charge in [-0.15, -0.1) is 0 Å². The first-order valence-electron chi connectivity index (χ1n) is 5.81. The van der Waals surface area contributed by atoms with Crippen LogP contribution in [0.25, 0.3) is 0 Å². The SMILES string of the molecule is CC(O)(Cc1c(Cl)cccc1Cl)c1cccc(Br)c1. The maximum atomic E-state index is 10.7. The Kier molecular flexibility index (Phi) is 4.57. The molecule has 2 rings (SSSR count). The second-order valence-corrected chi connectivity index (χ2v) is 6.39. The van der Waals surface area contributed by atoms with Crippen LogP contribution in [0.1, 0.15) is 18.1 Å². The minimum absolute atomic E-state index is 0.363. The highest BCUT2D eigenvalue weighted by Gasteiger charge is 2.26. The Morgan fingerprint density at radius 3 is 2.26 bits per heavy atom. The average Bonchev–Trinajstić information content (AvgIpc) is 2.34. The maximum Gasteiger partial charge on any atom is 0.0910 e. The first kappa shape index (κ1) is 14.9. The van der Waals surface area contributed by atoms with Gasteiger partial charge < -0.3 is 5.11 Å². The van der Waals surface area contributed by atoms with Gasteiger partial charge >= 0.3 is 0 Å². The lowest BCUT2D eigenvalue weighted by atomic mass is 9.89. The molecule has 0 aliphatic heterocycles. The molecule has 100 valence electrons. The van der Waals surface area contributed by atoms with E-state index in [2.05, 4.69) is 15.9 Å². The molecule has 0 aromatic heterocycles. The summed E-state index contributed by atoms with van der Waals surface area (Å²) < 4.78 is 0.926. The first-order valence-corrected chi connectivity index (χ1v) is 7.36. The molecule has 0 radical (unpaired) electrons. The standard InChI is InChI=1S/C15H13BrCl2O/c1-15(19,10-4-2-5-11(16)8-10)9-12-13(17)6-3-7-14(12)18/h2-8,19H,9H2,1H3. The van der Waals surface area contributed by atoms with Crippen LogP contribution in [-0.4, -0.2) is 5.11 Å². The van der Waals surface area contributed by atoms with Crippen LogP contribution < -0.4 is 0 Å². The molecular formula is C15H13BrCl2O. The fraction of sp³-hybridized carbons (Fsp3) is 0.200. The predicted molar refractivity (Wildman–Crippen MR) is 83.9 cm³/mol. The van der Waals surface area contributed by atoms with Crippen LogP contribution in [-0.2, 0) is 12.0 Å². The Morgan fingerprint density at radius 2 is 1.68 bits per heavy atom. The second-order valence-electron chi connectivity index (χ2n) is 4.66. The van der Waals surface area contributed by atoms with E-state index in [0.717, 1.165) is 15.6 Å². The summed E-state index contributed by atoms with van der Waals surface area (Å²) in [5, 5.41) is 11.8. The molecule has 0 saturated carbocycles. The quantitative estimate of drug-likeness (QED) is 0.797. The van der Waals surface area contributed by atoms with Crippen molar-refractivity contribution in [1.29, 1.82) is 0 Å². The van der Waals surface area contributed by atoms with E-state index in [1.807, 2.05) is 24.3 Å². The molecule has 1 atom stereocenters. The maximum absolute atomic E-state index is 10.7. The van der Waals surface area contributed by atoms with Crippen LogP contribution in [0.5, 0.6) is 0 Å². The molecule has 0 amide bonds. The summed E-state index contributed by atoms with van der Waals surface area (Å²) in [4.78, 5) is 0. The van der Waals surface area contributed by atoms with Crippen molar-refractivity contribution in [2.75, 3.05) is 0 Å². The van der Waals surface area contributed by atoms with Crippen molar-refractivity contribution in [3.63, 3.8) is 0 Å². The van der Waals surface area contributed by atoms with E-state index in [1.165, 1.54) is 0 Å². The molecule has 2 aromatic carbocycles. The third-order valence-electron chi connectivity index (χ3n) is 3.03. The Labute approximate surface area is 131 Å². The van der Waals surface area contributed by atoms with Crippen molar-refractivity contribution in [3.8, 4) is 0 Å². The van der Waals surface area contributed by atoms with Gasteiger partial charge in [-0.1, -0.05) is 57.3 Å². The molecule has 0 saturated heterocycles. The van der Waals surface area contributed by atoms with Crippen molar-refractivity contribution in [2.45, 2.75) is 18.9 Å². The smallest absolute Gasteiger partial charge is 0.0910 e. The van der Waals surface area contributed by atoms with E-state index >= 15 is 0 Å². The largest absolute Gasteiger partial charge is 0.385 e. The monoisotopic (exact) mass is 358 g/mol. The molecule has 0 heterocycles. The Balaban J connectivity index is 2.36. The molecule has 1 nitrogen and oxygen atoms in total. The summed E-state index contributed by atoms with van der Waals surface area (Å²) >= 11 is 15.7. The highest BCUT2D eigenvalue weighted by Crippen LogP contribution is 2.33. The van der Waals surface area contributed by atoms with Gasteiger partial charge in [0, 0.05) is 20.9 Å². The van der Waals surface area contributed by atoms with E-state index in [1.54, 1.807) is 25.1 Å². The van der Waals surface area contributed by atoms with Crippen molar-refractivity contribution in [1.82, 2.24) is 0 Å². The predicted octanol–water partition coefficient (Wildman–Crippen LogP) is 5.21. The zero-order chi connectivity index (χ0) is 14.0. The van der Waals surface area contributed by atoms with E-state index in [0.29, 0.717) is 16.5 Å². The van der Waals surface area contributed by atoms with Crippen LogP contribution in [0.4, 0.5) is 0 Å². The van der Waals surface area contributed by atoms with E-state index in [9.17, 15) is 5.11 Å². The highest BCUT2D eigenvalue weighted by molar-refractivity contribution is 9.10. The minimum Gasteiger partial charge on any atom is -0.385 e. The zero-order valence-corrected chi connectivity index (χ0v) is 13.4. The van der Waals surface area contributed by atoms with Crippen LogP contribution in [0.15, 0.2) is 46.9 Å². The average molecular weight is 360 g/mol. The Hall–Kier alpha value is -0.540. The van der Waals surface area contributed by atoms with Crippen LogP contribution in [0, 0.1) is 0 Å². The summed E-state index contributed by atoms with van der Waals surface area (Å²) in [6, 6.07) is 12.9. The van der Waals surface area contributed by atoms with Gasteiger partial charge in [0.25, 0.3) is 0 Å². The number of benzene rings is 2. The number of hydrogen-bond acceptors (Lipinski definition) is 1. The van der Waals surface area contributed by atoms with Crippen molar-refractivity contribution < 1.29 is 5.11 Å². The van der Waals surface area contributed by atoms with E-state index in [-0.39, 0.29) is 0 Å². The van der Waals surface area contributed by atoms with Gasteiger partial charge in [0.15, 0.2) is 0 Å². The lowest BCUT2D eigenvalue weighted by Gasteiger charge is -2.25. The lowest BCUT2D eigenvalue weighted by molar-refractivity contribution is 0.0576. The zero-order valence-electron chi connectivity index (χ0n) is 10.3. The Bertz CT molecular complexity index is 576. The second kappa shape index (κ2) is 5.84. The van der Waals surface area contributed by atoms with E-state index < -0.39 is 5.60 Å². The van der Waals surface area contributed by atoms with Crippen LogP contribution in [0.3, 0.4) is 0 Å². The van der Waals surface area contributed by atoms with Gasteiger partial charge in [-0.2, -0.15) is 0 Å². The molecule has 0 aliphatic rings. The van der Waals surface area contributed by atoms with E-state index in [4.69, 9.17) is 23.2 Å². The topological polar surface area (TPSA) is 20.2 Å². The molecule has 4 heteroatoms. The third kappa shape index (κ3) is 3.51. The normalized spacial score (nSPS) is 14.2. The first-order chi connectivity index (χ1) is 8.90. The fourth-order valence-corrected chi connectivity index (χ4v) is 2.90. The van der Waals surface area contributed by atoms with Gasteiger partial charge in [-0.3, -0.25) is 0 Å². The van der Waals surface area contributed by atoms with Gasteiger partial charge in [0.1, 0.15) is 0 Å². The molecule has 2 aromatic rings. The molecule has 1 unspecified atom stereocenters. The summed E-state index contributed by atoms with van der Waals surface area (Å²) in [6.07, 6.45) is 0.363. The molecule has 19 heavy (non-hydrogen) atoms. The van der Waals surface area contributed by atoms with Crippen molar-refractivity contribution in [2.24, 2.45) is 0 Å². The molecule has 0 spiro atoms. The molecule has 0 bridgehead atoms. The summed E-state index contributed by atoms with van der Waals surface area (Å²) in [5.74, 6) is 0. The minimum atomic E-state index is -1.03. The molecular weight excluding hydrogens is 347 g/mol. The van der Waals surface area contributed by atoms with Crippen molar-refractivity contribution in [3.05, 3.63) is 68.1 Å². The van der Waals surface area contributed by atoms with Crippen LogP contribution in [0.2, 0.25) is 10.0 Å². The fourth-order valence-electron chi connectivity index (χ4n) is 1.97. The van der Waals surface area contributed by atoms with Crippen LogP contribution >= 0.6 is 39.1 Å². The summed E-state index contributed by atoms with van der Waals surface area (Å²) in [7, 11) is 0. The van der Waals surface area contributed by atoms with Crippen molar-refractivity contribution >= 4 is 39.1 Å². The summed E-state index contributed by atoms with van der Waals surface area (Å²) in [6.45, 7) is 1.76. The molecule has 0 aliphatic carbocycles. The molecule has 1 N–H and O–H groups in total. The van der Waals surface area contributed by atoms with Gasteiger partial charge in [0.05, 0.1) is 5.60 Å². The highest BCUT2D eigenvalue weighted by atomic mass is 79.9. The number of rotatable bonds is 3. The van der Waals surface area contributed by atoms with Gasteiger partial charge in [-0.25, -0.2) is 0 Å². The summed E-state index contributed by atoms with van der Waals surface area (Å²) in [5.41, 5.74) is 0.548. The number of halogens is 3. The lowest BCUT2D eigenvalue weighted by Crippen LogP contribution is -2.24. The molecule has 0 fully saturated rings. The van der Waals surface area contributed by atoms with Gasteiger partial charge in [-0.05, 0) is 42.3 Å².